The van der Waals surface area contributed by atoms with Crippen LogP contribution in [-0.4, -0.2) is 29.8 Å². The molecule has 7 heteroatoms. The minimum absolute atomic E-state index is 0.161. The lowest BCUT2D eigenvalue weighted by molar-refractivity contribution is -0.141. The van der Waals surface area contributed by atoms with Crippen molar-refractivity contribution < 1.29 is 18.4 Å². The van der Waals surface area contributed by atoms with Crippen molar-refractivity contribution in [3.05, 3.63) is 59.2 Å². The van der Waals surface area contributed by atoms with Crippen molar-refractivity contribution in [2.75, 3.05) is 7.05 Å². The number of carbonyl (C=O) groups excluding carboxylic acids is 2. The Kier molecular flexibility index (Phi) is 4.04. The minimum Gasteiger partial charge on any atom is -0.319 e. The molecule has 3 amide bonds. The summed E-state index contributed by atoms with van der Waals surface area (Å²) >= 11 is 0. The van der Waals surface area contributed by atoms with Crippen molar-refractivity contribution >= 4 is 11.9 Å². The predicted molar refractivity (Wildman–Crippen MR) is 109 cm³/mol. The first-order chi connectivity index (χ1) is 14.7. The highest BCUT2D eigenvalue weighted by Crippen LogP contribution is 2.61. The van der Waals surface area contributed by atoms with E-state index in [0.29, 0.717) is 17.5 Å². The van der Waals surface area contributed by atoms with Gasteiger partial charge in [-0.2, -0.15) is 5.26 Å². The molecule has 0 aromatic heterocycles. The van der Waals surface area contributed by atoms with Gasteiger partial charge in [0.2, 0.25) is 5.92 Å². The molecule has 2 spiro atoms. The number of nitrogens with one attached hydrogen (secondary N) is 1. The molecule has 1 heterocycles. The Morgan fingerprint density at radius 2 is 1.74 bits per heavy atom. The molecule has 1 aliphatic heterocycles. The molecule has 5 rings (SSSR count). The fourth-order valence-electron chi connectivity index (χ4n) is 5.64. The number of likely N-dealkylation sites (N-methyl/N-ethyl adjacent to an activating group) is 1. The normalized spacial score (nSPS) is 25.5. The summed E-state index contributed by atoms with van der Waals surface area (Å²) in [5.74, 6) is -3.13. The number of fused-ring (bicyclic) bond motifs is 3. The van der Waals surface area contributed by atoms with Crippen LogP contribution in [0.25, 0.3) is 11.1 Å². The first-order valence-electron chi connectivity index (χ1n) is 10.3. The number of halogens is 2. The maximum absolute atomic E-state index is 14.0. The Balaban J connectivity index is 1.68. The van der Waals surface area contributed by atoms with Gasteiger partial charge in [0, 0.05) is 25.3 Å². The molecule has 1 N–H and O–H groups in total. The second-order valence-corrected chi connectivity index (χ2v) is 8.92. The zero-order chi connectivity index (χ0) is 22.0. The third kappa shape index (κ3) is 2.64. The lowest BCUT2D eigenvalue weighted by Gasteiger charge is -2.46. The first kappa shape index (κ1) is 19.7. The van der Waals surface area contributed by atoms with Crippen LogP contribution >= 0.6 is 0 Å². The topological polar surface area (TPSA) is 73.2 Å². The summed E-state index contributed by atoms with van der Waals surface area (Å²) in [6, 6.07) is 14.5. The number of alkyl halides is 2. The fraction of sp³-hybridized carbons (Fsp3) is 0.375. The molecular weight excluding hydrogens is 400 g/mol. The van der Waals surface area contributed by atoms with Gasteiger partial charge < -0.3 is 5.32 Å². The van der Waals surface area contributed by atoms with E-state index in [4.69, 9.17) is 0 Å². The fourth-order valence-corrected chi connectivity index (χ4v) is 5.64. The van der Waals surface area contributed by atoms with E-state index in [1.165, 1.54) is 7.05 Å². The van der Waals surface area contributed by atoms with Gasteiger partial charge in [0.15, 0.2) is 5.54 Å². The summed E-state index contributed by atoms with van der Waals surface area (Å²) in [6.07, 6.45) is 0.192. The third-order valence-corrected chi connectivity index (χ3v) is 7.33. The van der Waals surface area contributed by atoms with Crippen LogP contribution in [0.2, 0.25) is 0 Å². The van der Waals surface area contributed by atoms with E-state index >= 15 is 0 Å². The van der Waals surface area contributed by atoms with Gasteiger partial charge in [0.05, 0.1) is 11.6 Å². The first-order valence-corrected chi connectivity index (χ1v) is 10.3. The molecule has 2 fully saturated rings. The minimum atomic E-state index is -2.75. The Morgan fingerprint density at radius 3 is 2.39 bits per heavy atom. The van der Waals surface area contributed by atoms with Gasteiger partial charge in [0.1, 0.15) is 0 Å². The van der Waals surface area contributed by atoms with Crippen LogP contribution in [0.1, 0.15) is 42.4 Å². The number of imide groups is 1. The van der Waals surface area contributed by atoms with Crippen molar-refractivity contribution in [2.24, 2.45) is 5.41 Å². The smallest absolute Gasteiger partial charge is 0.319 e. The van der Waals surface area contributed by atoms with Crippen LogP contribution in [0, 0.1) is 16.7 Å². The van der Waals surface area contributed by atoms with E-state index in [1.807, 2.05) is 24.3 Å². The average molecular weight is 421 g/mol. The Labute approximate surface area is 178 Å². The molecule has 1 saturated carbocycles. The van der Waals surface area contributed by atoms with Crippen LogP contribution < -0.4 is 5.32 Å². The van der Waals surface area contributed by atoms with Crippen molar-refractivity contribution in [3.8, 4) is 17.2 Å². The number of rotatable bonds is 1. The predicted octanol–water partition coefficient (Wildman–Crippen LogP) is 4.35. The highest BCUT2D eigenvalue weighted by Gasteiger charge is 2.68. The molecule has 2 aromatic rings. The Hall–Kier alpha value is -3.27. The summed E-state index contributed by atoms with van der Waals surface area (Å²) in [7, 11) is 1.43. The van der Waals surface area contributed by atoms with Gasteiger partial charge in [-0.15, -0.1) is 0 Å². The van der Waals surface area contributed by atoms with Crippen LogP contribution in [0.4, 0.5) is 13.6 Å². The van der Waals surface area contributed by atoms with Crippen molar-refractivity contribution in [3.63, 3.8) is 0 Å². The van der Waals surface area contributed by atoms with Crippen LogP contribution in [-0.2, 0) is 16.8 Å². The summed E-state index contributed by atoms with van der Waals surface area (Å²) in [6.45, 7) is 0. The van der Waals surface area contributed by atoms with E-state index in [1.54, 1.807) is 18.2 Å². The highest BCUT2D eigenvalue weighted by molar-refractivity contribution is 6.08. The number of nitriles is 1. The van der Waals surface area contributed by atoms with Gasteiger partial charge in [-0.3, -0.25) is 9.69 Å². The molecule has 1 unspecified atom stereocenters. The van der Waals surface area contributed by atoms with Crippen LogP contribution in [0.3, 0.4) is 0 Å². The molecule has 1 atom stereocenters. The Bertz CT molecular complexity index is 1160. The summed E-state index contributed by atoms with van der Waals surface area (Å²) < 4.78 is 28.1. The number of hydrogen-bond donors (Lipinski definition) is 1. The molecule has 158 valence electrons. The largest absolute Gasteiger partial charge is 0.325 e. The van der Waals surface area contributed by atoms with E-state index in [2.05, 4.69) is 11.4 Å². The zero-order valence-electron chi connectivity index (χ0n) is 17.0. The molecule has 31 heavy (non-hydrogen) atoms. The lowest BCUT2D eigenvalue weighted by atomic mass is 9.61. The molecule has 2 aliphatic carbocycles. The van der Waals surface area contributed by atoms with Gasteiger partial charge in [0.25, 0.3) is 5.91 Å². The maximum Gasteiger partial charge on any atom is 0.325 e. The highest BCUT2D eigenvalue weighted by atomic mass is 19.3. The standard InChI is InChI=1S/C24H21F2N3O2/c1-29-20(30)24(28-21(29)31)19-12-17(16-4-2-3-15(11-16)14-27)5-6-18(19)13-22(24)7-9-23(25,26)10-8-22/h2-6,11-12H,7-10,13H2,1H3,(H,28,31). The molecule has 5 nitrogen and oxygen atoms in total. The second kappa shape index (κ2) is 6.36. The molecular formula is C24H21F2N3O2. The van der Waals surface area contributed by atoms with Crippen LogP contribution in [0.5, 0.6) is 0 Å². The van der Waals surface area contributed by atoms with E-state index < -0.39 is 22.9 Å². The monoisotopic (exact) mass is 421 g/mol. The summed E-state index contributed by atoms with van der Waals surface area (Å²) in [4.78, 5) is 27.1. The molecule has 3 aliphatic rings. The number of amides is 3. The number of urea groups is 1. The van der Waals surface area contributed by atoms with E-state index in [-0.39, 0.29) is 31.6 Å². The number of carbonyl (C=O) groups is 2. The molecule has 1 saturated heterocycles. The van der Waals surface area contributed by atoms with E-state index in [9.17, 15) is 23.6 Å². The van der Waals surface area contributed by atoms with E-state index in [0.717, 1.165) is 21.6 Å². The quantitative estimate of drug-likeness (QED) is 0.696. The van der Waals surface area contributed by atoms with Gasteiger partial charge in [-0.25, -0.2) is 13.6 Å². The summed E-state index contributed by atoms with van der Waals surface area (Å²) in [5.41, 5.74) is 1.61. The second-order valence-electron chi connectivity index (χ2n) is 8.92. The van der Waals surface area contributed by atoms with Gasteiger partial charge in [-0.05, 0) is 59.7 Å². The average Bonchev–Trinajstić information content (AvgIpc) is 3.17. The number of hydrogen-bond acceptors (Lipinski definition) is 3. The third-order valence-electron chi connectivity index (χ3n) is 7.33. The zero-order valence-corrected chi connectivity index (χ0v) is 17.0. The Morgan fingerprint density at radius 1 is 1.03 bits per heavy atom. The molecule has 2 aromatic carbocycles. The molecule has 0 radical (unpaired) electrons. The van der Waals surface area contributed by atoms with Crippen molar-refractivity contribution in [1.29, 1.82) is 5.26 Å². The number of nitrogens with zero attached hydrogens (tertiary/aromatic N) is 2. The van der Waals surface area contributed by atoms with Crippen molar-refractivity contribution in [2.45, 2.75) is 43.6 Å². The number of benzene rings is 2. The summed E-state index contributed by atoms with van der Waals surface area (Å²) in [5, 5.41) is 12.1. The van der Waals surface area contributed by atoms with Crippen molar-refractivity contribution in [1.82, 2.24) is 10.2 Å². The van der Waals surface area contributed by atoms with Crippen LogP contribution in [0.15, 0.2) is 42.5 Å². The lowest BCUT2D eigenvalue weighted by Crippen LogP contribution is -2.57. The SMILES string of the molecule is CN1C(=O)NC2(C1=O)c1cc(-c3cccc(C#N)c3)ccc1CC21CCC(F)(F)CC1. The van der Waals surface area contributed by atoms with Gasteiger partial charge in [-0.1, -0.05) is 24.3 Å². The molecule has 0 bridgehead atoms. The maximum atomic E-state index is 14.0. The van der Waals surface area contributed by atoms with Gasteiger partial charge >= 0.3 is 6.03 Å².